The topological polar surface area (TPSA) is 140 Å². The average molecular weight is 576 g/mol. The molecule has 1 aliphatic rings. The van der Waals surface area contributed by atoms with Gasteiger partial charge in [-0.3, -0.25) is 15.0 Å². The Kier molecular flexibility index (Phi) is 9.82. The minimum atomic E-state index is -1.54. The first kappa shape index (κ1) is 30.5. The van der Waals surface area contributed by atoms with Crippen LogP contribution in [0.3, 0.4) is 0 Å². The van der Waals surface area contributed by atoms with Crippen LogP contribution >= 0.6 is 0 Å². The quantitative estimate of drug-likeness (QED) is 0.282. The van der Waals surface area contributed by atoms with Gasteiger partial charge in [0.1, 0.15) is 24.5 Å². The van der Waals surface area contributed by atoms with Crippen molar-refractivity contribution in [1.82, 2.24) is 10.2 Å². The van der Waals surface area contributed by atoms with Gasteiger partial charge >= 0.3 is 18.2 Å². The second-order valence-corrected chi connectivity index (χ2v) is 11.1. The van der Waals surface area contributed by atoms with E-state index in [9.17, 15) is 19.5 Å². The van der Waals surface area contributed by atoms with E-state index in [0.717, 1.165) is 21.6 Å². The van der Waals surface area contributed by atoms with Crippen molar-refractivity contribution in [2.75, 3.05) is 6.54 Å². The first-order chi connectivity index (χ1) is 20.0. The second kappa shape index (κ2) is 13.5. The molecule has 10 heteroatoms. The maximum absolute atomic E-state index is 13.6. The predicted molar refractivity (Wildman–Crippen MR) is 155 cm³/mol. The summed E-state index contributed by atoms with van der Waals surface area (Å²) in [7, 11) is 0. The molecule has 10 nitrogen and oxygen atoms in total. The monoisotopic (exact) mass is 575 g/mol. The molecule has 4 rings (SSSR count). The van der Waals surface area contributed by atoms with Gasteiger partial charge in [-0.2, -0.15) is 0 Å². The summed E-state index contributed by atoms with van der Waals surface area (Å²) < 4.78 is 16.8. The molecule has 42 heavy (non-hydrogen) atoms. The van der Waals surface area contributed by atoms with E-state index in [1.165, 1.54) is 0 Å². The average Bonchev–Trinajstić information content (AvgIpc) is 2.97. The van der Waals surface area contributed by atoms with Gasteiger partial charge < -0.3 is 25.1 Å². The van der Waals surface area contributed by atoms with E-state index >= 15 is 0 Å². The molecule has 222 valence electrons. The van der Waals surface area contributed by atoms with Crippen LogP contribution in [0.1, 0.15) is 43.6 Å². The number of carbonyl (C=O) groups is 3. The van der Waals surface area contributed by atoms with Gasteiger partial charge in [-0.05, 0) is 37.5 Å². The Morgan fingerprint density at radius 3 is 1.98 bits per heavy atom. The van der Waals surface area contributed by atoms with Crippen LogP contribution < -0.4 is 11.1 Å². The number of hydrogen-bond donors (Lipinski definition) is 3. The minimum absolute atomic E-state index is 0.0245. The highest BCUT2D eigenvalue weighted by atomic mass is 16.6. The SMILES string of the molecule is CC(C)(C)OC(=O)N1C[C@@H](C(=O)OC(c2ccccc2)c2ccccc2)[C@H](N)[C@H](O)[C@H]1NC(=O)OCc1ccccc1. The lowest BCUT2D eigenvalue weighted by atomic mass is 9.88. The number of carbonyl (C=O) groups excluding carboxylic acids is 3. The Labute approximate surface area is 245 Å². The lowest BCUT2D eigenvalue weighted by Gasteiger charge is -2.45. The fraction of sp³-hybridized carbons (Fsp3) is 0.344. The summed E-state index contributed by atoms with van der Waals surface area (Å²) in [6, 6.07) is 26.3. The van der Waals surface area contributed by atoms with E-state index in [1.54, 1.807) is 32.9 Å². The summed E-state index contributed by atoms with van der Waals surface area (Å²) in [5, 5.41) is 13.7. The number of esters is 1. The second-order valence-electron chi connectivity index (χ2n) is 11.1. The summed E-state index contributed by atoms with van der Waals surface area (Å²) in [5.41, 5.74) is 7.73. The number of aliphatic hydroxyl groups is 1. The first-order valence-electron chi connectivity index (χ1n) is 13.7. The Balaban J connectivity index is 1.55. The first-order valence-corrected chi connectivity index (χ1v) is 13.7. The van der Waals surface area contributed by atoms with Crippen LogP contribution in [-0.2, 0) is 25.6 Å². The number of rotatable bonds is 7. The standard InChI is InChI=1S/C32H37N3O7/c1-32(2,3)42-31(39)35-19-24(25(33)26(36)28(35)34-30(38)40-20-21-13-7-4-8-14-21)29(37)41-27(22-15-9-5-10-16-22)23-17-11-6-12-18-23/h4-18,24-28,36H,19-20,33H2,1-3H3,(H,34,38)/t24-,25+,26+,28+/m1/s1. The van der Waals surface area contributed by atoms with Crippen LogP contribution in [-0.4, -0.2) is 58.6 Å². The predicted octanol–water partition coefficient (Wildman–Crippen LogP) is 4.13. The van der Waals surface area contributed by atoms with Crippen LogP contribution in [0.15, 0.2) is 91.0 Å². The summed E-state index contributed by atoms with van der Waals surface area (Å²) in [6.07, 6.45) is -5.33. The number of nitrogens with two attached hydrogens (primary N) is 1. The van der Waals surface area contributed by atoms with Crippen LogP contribution in [0.25, 0.3) is 0 Å². The number of aliphatic hydroxyl groups excluding tert-OH is 1. The van der Waals surface area contributed by atoms with Crippen molar-refractivity contribution < 1.29 is 33.7 Å². The molecule has 1 fully saturated rings. The number of piperidine rings is 1. The molecule has 0 aliphatic carbocycles. The zero-order valence-electron chi connectivity index (χ0n) is 23.9. The van der Waals surface area contributed by atoms with Gasteiger partial charge in [0, 0.05) is 12.6 Å². The third kappa shape index (κ3) is 7.86. The molecule has 1 heterocycles. The molecule has 4 atom stereocenters. The van der Waals surface area contributed by atoms with Gasteiger partial charge in [0.2, 0.25) is 0 Å². The van der Waals surface area contributed by atoms with Crippen molar-refractivity contribution in [1.29, 1.82) is 0 Å². The largest absolute Gasteiger partial charge is 0.452 e. The number of hydrogen-bond acceptors (Lipinski definition) is 8. The number of benzene rings is 3. The molecule has 1 aliphatic heterocycles. The number of nitrogens with one attached hydrogen (secondary N) is 1. The van der Waals surface area contributed by atoms with Crippen LogP contribution in [0, 0.1) is 5.92 Å². The van der Waals surface area contributed by atoms with E-state index in [1.807, 2.05) is 78.9 Å². The van der Waals surface area contributed by atoms with Gasteiger partial charge in [-0.25, -0.2) is 9.59 Å². The molecule has 2 amide bonds. The molecule has 3 aromatic rings. The van der Waals surface area contributed by atoms with Crippen molar-refractivity contribution in [2.24, 2.45) is 11.7 Å². The van der Waals surface area contributed by atoms with Crippen molar-refractivity contribution in [3.8, 4) is 0 Å². The third-order valence-electron chi connectivity index (χ3n) is 6.76. The van der Waals surface area contributed by atoms with Gasteiger partial charge in [0.15, 0.2) is 6.10 Å². The zero-order chi connectivity index (χ0) is 30.3. The number of ether oxygens (including phenoxy) is 3. The lowest BCUT2D eigenvalue weighted by molar-refractivity contribution is -0.159. The van der Waals surface area contributed by atoms with Gasteiger partial charge in [0.25, 0.3) is 0 Å². The molecule has 0 bridgehead atoms. The highest BCUT2D eigenvalue weighted by molar-refractivity contribution is 5.77. The molecule has 0 radical (unpaired) electrons. The summed E-state index contributed by atoms with van der Waals surface area (Å²) in [6.45, 7) is 4.76. The van der Waals surface area contributed by atoms with E-state index in [2.05, 4.69) is 5.32 Å². The Hall–Kier alpha value is -4.41. The Morgan fingerprint density at radius 2 is 1.45 bits per heavy atom. The van der Waals surface area contributed by atoms with E-state index < -0.39 is 54.1 Å². The highest BCUT2D eigenvalue weighted by Gasteiger charge is 2.49. The van der Waals surface area contributed by atoms with Gasteiger partial charge in [0.05, 0.1) is 5.92 Å². The molecule has 0 unspecified atom stereocenters. The molecular weight excluding hydrogens is 538 g/mol. The van der Waals surface area contributed by atoms with Crippen LogP contribution in [0.4, 0.5) is 9.59 Å². The molecule has 0 aromatic heterocycles. The van der Waals surface area contributed by atoms with Crippen molar-refractivity contribution in [2.45, 2.75) is 57.4 Å². The zero-order valence-corrected chi connectivity index (χ0v) is 23.9. The van der Waals surface area contributed by atoms with E-state index in [-0.39, 0.29) is 13.2 Å². The van der Waals surface area contributed by atoms with Crippen molar-refractivity contribution >= 4 is 18.2 Å². The normalized spacial score (nSPS) is 20.5. The molecule has 4 N–H and O–H groups in total. The van der Waals surface area contributed by atoms with Crippen molar-refractivity contribution in [3.05, 3.63) is 108 Å². The minimum Gasteiger partial charge on any atom is -0.452 e. The number of amides is 2. The lowest BCUT2D eigenvalue weighted by Crippen LogP contribution is -2.70. The smallest absolute Gasteiger partial charge is 0.412 e. The summed E-state index contributed by atoms with van der Waals surface area (Å²) >= 11 is 0. The maximum Gasteiger partial charge on any atom is 0.412 e. The van der Waals surface area contributed by atoms with Gasteiger partial charge in [-0.1, -0.05) is 91.0 Å². The van der Waals surface area contributed by atoms with E-state index in [4.69, 9.17) is 19.9 Å². The highest BCUT2D eigenvalue weighted by Crippen LogP contribution is 2.30. The number of nitrogens with zero attached hydrogens (tertiary/aromatic N) is 1. The number of alkyl carbamates (subject to hydrolysis) is 1. The molecule has 3 aromatic carbocycles. The maximum atomic E-state index is 13.6. The number of likely N-dealkylation sites (tertiary alicyclic amines) is 1. The van der Waals surface area contributed by atoms with E-state index in [0.29, 0.717) is 0 Å². The van der Waals surface area contributed by atoms with Crippen LogP contribution in [0.5, 0.6) is 0 Å². The fourth-order valence-corrected chi connectivity index (χ4v) is 4.66. The summed E-state index contributed by atoms with van der Waals surface area (Å²) in [5.74, 6) is -1.83. The Bertz CT molecular complexity index is 1290. The molecular formula is C32H37N3O7. The molecule has 0 spiro atoms. The summed E-state index contributed by atoms with van der Waals surface area (Å²) in [4.78, 5) is 40.7. The third-order valence-corrected chi connectivity index (χ3v) is 6.76. The van der Waals surface area contributed by atoms with Crippen molar-refractivity contribution in [3.63, 3.8) is 0 Å². The molecule has 1 saturated heterocycles. The van der Waals surface area contributed by atoms with Gasteiger partial charge in [-0.15, -0.1) is 0 Å². The molecule has 0 saturated carbocycles. The van der Waals surface area contributed by atoms with Crippen LogP contribution in [0.2, 0.25) is 0 Å². The fourth-order valence-electron chi connectivity index (χ4n) is 4.66. The Morgan fingerprint density at radius 1 is 0.929 bits per heavy atom.